The molecule has 0 aliphatic heterocycles. The molecular weight excluding hydrogens is 180 g/mol. The van der Waals surface area contributed by atoms with E-state index < -0.39 is 6.09 Å². The van der Waals surface area contributed by atoms with Gasteiger partial charge in [-0.05, 0) is 30.4 Å². The van der Waals surface area contributed by atoms with Crippen LogP contribution in [0.25, 0.3) is 0 Å². The first-order valence-corrected chi connectivity index (χ1v) is 4.59. The summed E-state index contributed by atoms with van der Waals surface area (Å²) in [4.78, 5) is 15.0. The Hall–Kier alpha value is -1.58. The number of rotatable bonds is 2. The van der Waals surface area contributed by atoms with Crippen molar-refractivity contribution in [3.63, 3.8) is 0 Å². The van der Waals surface area contributed by atoms with Crippen molar-refractivity contribution >= 4 is 11.8 Å². The fraction of sp³-hybridized carbons (Fsp3) is 0.400. The fourth-order valence-electron chi connectivity index (χ4n) is 1.33. The van der Waals surface area contributed by atoms with Gasteiger partial charge in [0.1, 0.15) is 0 Å². The molecule has 1 aromatic rings. The van der Waals surface area contributed by atoms with Crippen LogP contribution in [-0.4, -0.2) is 18.2 Å². The lowest BCUT2D eigenvalue weighted by Gasteiger charge is -2.04. The van der Waals surface area contributed by atoms with Crippen LogP contribution in [-0.2, 0) is 4.74 Å². The van der Waals surface area contributed by atoms with Crippen molar-refractivity contribution in [3.8, 4) is 0 Å². The summed E-state index contributed by atoms with van der Waals surface area (Å²) in [5.74, 6) is 0.641. The average molecular weight is 192 g/mol. The van der Waals surface area contributed by atoms with Gasteiger partial charge in [0.05, 0.1) is 19.0 Å². The molecule has 1 aliphatic rings. The van der Waals surface area contributed by atoms with E-state index in [-0.39, 0.29) is 0 Å². The zero-order valence-corrected chi connectivity index (χ0v) is 7.99. The summed E-state index contributed by atoms with van der Waals surface area (Å²) in [6, 6.07) is 1.95. The summed E-state index contributed by atoms with van der Waals surface area (Å²) >= 11 is 0. The van der Waals surface area contributed by atoms with Crippen molar-refractivity contribution in [2.24, 2.45) is 0 Å². The molecule has 74 valence electrons. The van der Waals surface area contributed by atoms with Gasteiger partial charge in [-0.3, -0.25) is 10.3 Å². The molecule has 1 aliphatic carbocycles. The highest BCUT2D eigenvalue weighted by Gasteiger charge is 2.23. The number of carbonyl (C=O) groups excluding carboxylic acids is 1. The number of hydrogen-bond donors (Lipinski definition) is 1. The predicted octanol–water partition coefficient (Wildman–Crippen LogP) is 2.14. The summed E-state index contributed by atoms with van der Waals surface area (Å²) in [6.45, 7) is 0. The maximum atomic E-state index is 10.9. The van der Waals surface area contributed by atoms with E-state index in [0.29, 0.717) is 11.6 Å². The first-order chi connectivity index (χ1) is 6.79. The highest BCUT2D eigenvalue weighted by Crippen LogP contribution is 2.40. The second kappa shape index (κ2) is 3.65. The van der Waals surface area contributed by atoms with Crippen LogP contribution in [0.4, 0.5) is 10.5 Å². The number of pyridine rings is 1. The molecule has 4 heteroatoms. The minimum absolute atomic E-state index is 0.459. The van der Waals surface area contributed by atoms with Gasteiger partial charge in [-0.1, -0.05) is 0 Å². The average Bonchev–Trinajstić information content (AvgIpc) is 3.01. The van der Waals surface area contributed by atoms with E-state index >= 15 is 0 Å². The quantitative estimate of drug-likeness (QED) is 0.781. The summed E-state index contributed by atoms with van der Waals surface area (Å²) in [5, 5.41) is 2.59. The smallest absolute Gasteiger partial charge is 0.411 e. The number of anilines is 1. The van der Waals surface area contributed by atoms with E-state index in [1.54, 1.807) is 6.20 Å². The van der Waals surface area contributed by atoms with Crippen LogP contribution in [0, 0.1) is 0 Å². The summed E-state index contributed by atoms with van der Waals surface area (Å²) in [5.41, 5.74) is 1.89. The zero-order chi connectivity index (χ0) is 9.97. The Morgan fingerprint density at radius 2 is 2.36 bits per heavy atom. The number of aromatic nitrogens is 1. The van der Waals surface area contributed by atoms with Crippen LogP contribution in [0.15, 0.2) is 18.5 Å². The lowest BCUT2D eigenvalue weighted by atomic mass is 10.2. The second-order valence-electron chi connectivity index (χ2n) is 3.40. The Kier molecular flexibility index (Phi) is 2.35. The third kappa shape index (κ3) is 2.02. The van der Waals surface area contributed by atoms with E-state index in [4.69, 9.17) is 0 Å². The van der Waals surface area contributed by atoms with Crippen molar-refractivity contribution in [3.05, 3.63) is 24.0 Å². The Bertz CT molecular complexity index is 348. The Morgan fingerprint density at radius 3 is 3.00 bits per heavy atom. The molecule has 0 saturated heterocycles. The van der Waals surface area contributed by atoms with E-state index in [2.05, 4.69) is 15.0 Å². The van der Waals surface area contributed by atoms with Gasteiger partial charge in [0.15, 0.2) is 0 Å². The maximum absolute atomic E-state index is 10.9. The predicted molar refractivity (Wildman–Crippen MR) is 52.2 cm³/mol. The topological polar surface area (TPSA) is 51.2 Å². The summed E-state index contributed by atoms with van der Waals surface area (Å²) < 4.78 is 4.49. The molecule has 1 saturated carbocycles. The number of amides is 1. The number of methoxy groups -OCH3 is 1. The highest BCUT2D eigenvalue weighted by atomic mass is 16.5. The third-order valence-electron chi connectivity index (χ3n) is 2.24. The lowest BCUT2D eigenvalue weighted by Crippen LogP contribution is -2.11. The molecule has 0 atom stereocenters. The number of nitrogens with zero attached hydrogens (tertiary/aromatic N) is 1. The first-order valence-electron chi connectivity index (χ1n) is 4.59. The lowest BCUT2D eigenvalue weighted by molar-refractivity contribution is 0.187. The molecule has 14 heavy (non-hydrogen) atoms. The van der Waals surface area contributed by atoms with Crippen LogP contribution in [0.2, 0.25) is 0 Å². The van der Waals surface area contributed by atoms with Gasteiger partial charge >= 0.3 is 6.09 Å². The van der Waals surface area contributed by atoms with Crippen molar-refractivity contribution in [1.29, 1.82) is 0 Å². The van der Waals surface area contributed by atoms with Crippen LogP contribution >= 0.6 is 0 Å². The van der Waals surface area contributed by atoms with Crippen LogP contribution in [0.1, 0.15) is 24.3 Å². The molecule has 0 radical (unpaired) electrons. The molecule has 0 unspecified atom stereocenters. The fourth-order valence-corrected chi connectivity index (χ4v) is 1.33. The molecule has 1 heterocycles. The Labute approximate surface area is 82.3 Å². The molecule has 0 spiro atoms. The van der Waals surface area contributed by atoms with Crippen LogP contribution < -0.4 is 5.32 Å². The SMILES string of the molecule is COC(=O)Nc1cncc(C2CC2)c1. The number of hydrogen-bond acceptors (Lipinski definition) is 3. The molecule has 0 bridgehead atoms. The van der Waals surface area contributed by atoms with E-state index in [1.165, 1.54) is 25.5 Å². The van der Waals surface area contributed by atoms with Crippen molar-refractivity contribution < 1.29 is 9.53 Å². The van der Waals surface area contributed by atoms with Crippen molar-refractivity contribution in [2.45, 2.75) is 18.8 Å². The van der Waals surface area contributed by atoms with E-state index in [0.717, 1.165) is 0 Å². The van der Waals surface area contributed by atoms with Crippen molar-refractivity contribution in [1.82, 2.24) is 4.98 Å². The van der Waals surface area contributed by atoms with E-state index in [9.17, 15) is 4.79 Å². The monoisotopic (exact) mass is 192 g/mol. The Morgan fingerprint density at radius 1 is 1.57 bits per heavy atom. The Balaban J connectivity index is 2.09. The van der Waals surface area contributed by atoms with Gasteiger partial charge in [-0.2, -0.15) is 0 Å². The summed E-state index contributed by atoms with van der Waals surface area (Å²) in [7, 11) is 1.34. The molecule has 1 aromatic heterocycles. The minimum atomic E-state index is -0.459. The molecule has 0 aromatic carbocycles. The van der Waals surface area contributed by atoms with Gasteiger partial charge in [0, 0.05) is 6.20 Å². The highest BCUT2D eigenvalue weighted by molar-refractivity contribution is 5.84. The molecular formula is C10H12N2O2. The first kappa shape index (κ1) is 8.99. The largest absolute Gasteiger partial charge is 0.453 e. The van der Waals surface area contributed by atoms with Crippen LogP contribution in [0.3, 0.4) is 0 Å². The van der Waals surface area contributed by atoms with Gasteiger partial charge in [-0.25, -0.2) is 4.79 Å². The van der Waals surface area contributed by atoms with Gasteiger partial charge in [0.2, 0.25) is 0 Å². The van der Waals surface area contributed by atoms with Crippen LogP contribution in [0.5, 0.6) is 0 Å². The molecule has 1 N–H and O–H groups in total. The normalized spacial score (nSPS) is 14.9. The maximum Gasteiger partial charge on any atom is 0.411 e. The van der Waals surface area contributed by atoms with Gasteiger partial charge in [-0.15, -0.1) is 0 Å². The number of carbonyl (C=O) groups is 1. The number of ether oxygens (including phenoxy) is 1. The van der Waals surface area contributed by atoms with Crippen molar-refractivity contribution in [2.75, 3.05) is 12.4 Å². The standard InChI is InChI=1S/C10H12N2O2/c1-14-10(13)12-9-4-8(5-11-6-9)7-2-3-7/h4-7H,2-3H2,1H3,(H,12,13). The third-order valence-corrected chi connectivity index (χ3v) is 2.24. The summed E-state index contributed by atoms with van der Waals surface area (Å²) in [6.07, 6.45) is 5.45. The second-order valence-corrected chi connectivity index (χ2v) is 3.40. The molecule has 2 rings (SSSR count). The minimum Gasteiger partial charge on any atom is -0.453 e. The molecule has 1 amide bonds. The number of nitrogens with one attached hydrogen (secondary N) is 1. The molecule has 4 nitrogen and oxygen atoms in total. The van der Waals surface area contributed by atoms with Gasteiger partial charge < -0.3 is 4.74 Å². The van der Waals surface area contributed by atoms with E-state index in [1.807, 2.05) is 12.3 Å². The zero-order valence-electron chi connectivity index (χ0n) is 7.99. The molecule has 1 fully saturated rings. The van der Waals surface area contributed by atoms with Gasteiger partial charge in [0.25, 0.3) is 0 Å².